The molecule has 0 amide bonds. The van der Waals surface area contributed by atoms with E-state index >= 15 is 0 Å². The van der Waals surface area contributed by atoms with Crippen LogP contribution in [0, 0.1) is 6.92 Å². The Kier molecular flexibility index (Phi) is 3.82. The van der Waals surface area contributed by atoms with Crippen LogP contribution < -0.4 is 15.8 Å². The van der Waals surface area contributed by atoms with Gasteiger partial charge < -0.3 is 14.6 Å². The zero-order chi connectivity index (χ0) is 16.5. The SMILES string of the molecule is Cc1ccc2c(CN3CCNCc4ccccc43)cc(=O)oc2c1. The number of benzene rings is 2. The van der Waals surface area contributed by atoms with Crippen molar-refractivity contribution in [2.45, 2.75) is 20.0 Å². The molecule has 0 unspecified atom stereocenters. The molecule has 24 heavy (non-hydrogen) atoms. The molecule has 0 aliphatic carbocycles. The Morgan fingerprint density at radius 3 is 2.96 bits per heavy atom. The van der Waals surface area contributed by atoms with Crippen molar-refractivity contribution in [1.29, 1.82) is 0 Å². The zero-order valence-electron chi connectivity index (χ0n) is 13.7. The molecule has 0 radical (unpaired) electrons. The van der Waals surface area contributed by atoms with Gasteiger partial charge in [0.05, 0.1) is 0 Å². The Balaban J connectivity index is 1.78. The highest BCUT2D eigenvalue weighted by Gasteiger charge is 2.16. The fourth-order valence-corrected chi connectivity index (χ4v) is 3.36. The molecule has 0 atom stereocenters. The van der Waals surface area contributed by atoms with E-state index in [1.165, 1.54) is 11.3 Å². The summed E-state index contributed by atoms with van der Waals surface area (Å²) in [4.78, 5) is 14.3. The van der Waals surface area contributed by atoms with Crippen molar-refractivity contribution in [2.75, 3.05) is 18.0 Å². The molecule has 3 aromatic rings. The molecule has 1 N–H and O–H groups in total. The number of aryl methyl sites for hydroxylation is 1. The lowest BCUT2D eigenvalue weighted by Crippen LogP contribution is -2.28. The van der Waals surface area contributed by atoms with Crippen LogP contribution in [0.25, 0.3) is 11.0 Å². The number of fused-ring (bicyclic) bond motifs is 2. The summed E-state index contributed by atoms with van der Waals surface area (Å²) in [5.74, 6) is 0. The molecule has 2 aromatic carbocycles. The Morgan fingerprint density at radius 1 is 1.17 bits per heavy atom. The van der Waals surface area contributed by atoms with Gasteiger partial charge in [0, 0.05) is 43.3 Å². The topological polar surface area (TPSA) is 45.5 Å². The second-order valence-electron chi connectivity index (χ2n) is 6.32. The number of hydrogen-bond acceptors (Lipinski definition) is 4. The molecule has 0 saturated carbocycles. The molecular formula is C20H20N2O2. The Hall–Kier alpha value is -2.59. The standard InChI is InChI=1S/C20H20N2O2/c1-14-6-7-17-16(11-20(23)24-19(17)10-14)13-22-9-8-21-12-15-4-2-3-5-18(15)22/h2-7,10-11,21H,8-9,12-13H2,1H3. The number of nitrogens with one attached hydrogen (secondary N) is 1. The lowest BCUT2D eigenvalue weighted by molar-refractivity contribution is 0.558. The molecule has 122 valence electrons. The van der Waals surface area contributed by atoms with Crippen molar-refractivity contribution in [3.8, 4) is 0 Å². The molecule has 0 saturated heterocycles. The first-order valence-corrected chi connectivity index (χ1v) is 8.28. The minimum atomic E-state index is -0.288. The van der Waals surface area contributed by atoms with Crippen LogP contribution in [0.15, 0.2) is 57.7 Å². The van der Waals surface area contributed by atoms with E-state index in [-0.39, 0.29) is 5.63 Å². The third-order valence-electron chi connectivity index (χ3n) is 4.55. The van der Waals surface area contributed by atoms with E-state index in [0.29, 0.717) is 12.1 Å². The van der Waals surface area contributed by atoms with E-state index in [2.05, 4.69) is 40.5 Å². The van der Waals surface area contributed by atoms with Crippen LogP contribution in [0.5, 0.6) is 0 Å². The monoisotopic (exact) mass is 320 g/mol. The highest BCUT2D eigenvalue weighted by Crippen LogP contribution is 2.26. The Bertz CT molecular complexity index is 946. The molecule has 4 nitrogen and oxygen atoms in total. The van der Waals surface area contributed by atoms with Crippen molar-refractivity contribution < 1.29 is 4.42 Å². The summed E-state index contributed by atoms with van der Waals surface area (Å²) < 4.78 is 5.38. The summed E-state index contributed by atoms with van der Waals surface area (Å²) >= 11 is 0. The fourth-order valence-electron chi connectivity index (χ4n) is 3.36. The molecule has 4 heteroatoms. The molecule has 2 heterocycles. The summed E-state index contributed by atoms with van der Waals surface area (Å²) in [7, 11) is 0. The maximum atomic E-state index is 12.0. The number of nitrogens with zero attached hydrogens (tertiary/aromatic N) is 1. The minimum Gasteiger partial charge on any atom is -0.423 e. The van der Waals surface area contributed by atoms with E-state index < -0.39 is 0 Å². The van der Waals surface area contributed by atoms with Crippen LogP contribution in [0.3, 0.4) is 0 Å². The van der Waals surface area contributed by atoms with Crippen molar-refractivity contribution in [1.82, 2.24) is 5.32 Å². The largest absolute Gasteiger partial charge is 0.423 e. The van der Waals surface area contributed by atoms with Crippen molar-refractivity contribution in [3.05, 3.63) is 75.6 Å². The van der Waals surface area contributed by atoms with Gasteiger partial charge in [-0.3, -0.25) is 0 Å². The first kappa shape index (κ1) is 15.0. The van der Waals surface area contributed by atoms with Gasteiger partial charge in [0.25, 0.3) is 0 Å². The second-order valence-corrected chi connectivity index (χ2v) is 6.32. The number of rotatable bonds is 2. The third kappa shape index (κ3) is 2.81. The van der Waals surface area contributed by atoms with Gasteiger partial charge in [-0.15, -0.1) is 0 Å². The van der Waals surface area contributed by atoms with Crippen LogP contribution in [-0.4, -0.2) is 13.1 Å². The van der Waals surface area contributed by atoms with Gasteiger partial charge in [-0.2, -0.15) is 0 Å². The highest BCUT2D eigenvalue weighted by molar-refractivity contribution is 5.81. The van der Waals surface area contributed by atoms with Crippen molar-refractivity contribution in [2.24, 2.45) is 0 Å². The Morgan fingerprint density at radius 2 is 2.04 bits per heavy atom. The smallest absolute Gasteiger partial charge is 0.336 e. The van der Waals surface area contributed by atoms with E-state index in [0.717, 1.165) is 36.1 Å². The predicted octanol–water partition coefficient (Wildman–Crippen LogP) is 3.21. The number of anilines is 1. The van der Waals surface area contributed by atoms with Crippen molar-refractivity contribution in [3.63, 3.8) is 0 Å². The summed E-state index contributed by atoms with van der Waals surface area (Å²) in [6.45, 7) is 5.41. The van der Waals surface area contributed by atoms with Crippen LogP contribution in [-0.2, 0) is 13.1 Å². The van der Waals surface area contributed by atoms with Crippen LogP contribution >= 0.6 is 0 Å². The molecule has 1 aromatic heterocycles. The third-order valence-corrected chi connectivity index (χ3v) is 4.55. The lowest BCUT2D eigenvalue weighted by atomic mass is 10.1. The van der Waals surface area contributed by atoms with Gasteiger partial charge in [-0.05, 0) is 35.7 Å². The van der Waals surface area contributed by atoms with E-state index in [4.69, 9.17) is 4.42 Å². The van der Waals surface area contributed by atoms with E-state index in [9.17, 15) is 4.79 Å². The van der Waals surface area contributed by atoms with Crippen molar-refractivity contribution >= 4 is 16.7 Å². The maximum absolute atomic E-state index is 12.0. The molecule has 0 fully saturated rings. The van der Waals surface area contributed by atoms with Crippen LogP contribution in [0.1, 0.15) is 16.7 Å². The van der Waals surface area contributed by atoms with Gasteiger partial charge in [0.15, 0.2) is 0 Å². The van der Waals surface area contributed by atoms with Gasteiger partial charge >= 0.3 is 5.63 Å². The molecule has 1 aliphatic rings. The average Bonchev–Trinajstić information content (AvgIpc) is 2.77. The van der Waals surface area contributed by atoms with E-state index in [1.807, 2.05) is 19.1 Å². The quantitative estimate of drug-likeness (QED) is 0.737. The van der Waals surface area contributed by atoms with Gasteiger partial charge in [0.1, 0.15) is 5.58 Å². The first-order valence-electron chi connectivity index (χ1n) is 8.28. The maximum Gasteiger partial charge on any atom is 0.336 e. The predicted molar refractivity (Wildman–Crippen MR) is 96.4 cm³/mol. The first-order chi connectivity index (χ1) is 11.7. The summed E-state index contributed by atoms with van der Waals surface area (Å²) in [6, 6.07) is 16.1. The fraction of sp³-hybridized carbons (Fsp3) is 0.250. The number of hydrogen-bond donors (Lipinski definition) is 1. The lowest BCUT2D eigenvalue weighted by Gasteiger charge is -2.25. The molecule has 4 rings (SSSR count). The highest BCUT2D eigenvalue weighted by atomic mass is 16.4. The zero-order valence-corrected chi connectivity index (χ0v) is 13.7. The van der Waals surface area contributed by atoms with E-state index in [1.54, 1.807) is 6.07 Å². The van der Waals surface area contributed by atoms with Crippen LogP contribution in [0.4, 0.5) is 5.69 Å². The average molecular weight is 320 g/mol. The summed E-state index contributed by atoms with van der Waals surface area (Å²) in [5, 5.41) is 4.46. The van der Waals surface area contributed by atoms with Crippen LogP contribution in [0.2, 0.25) is 0 Å². The molecule has 1 aliphatic heterocycles. The summed E-state index contributed by atoms with van der Waals surface area (Å²) in [6.07, 6.45) is 0. The second kappa shape index (κ2) is 6.13. The molecule has 0 spiro atoms. The molecular weight excluding hydrogens is 300 g/mol. The van der Waals surface area contributed by atoms with Gasteiger partial charge in [0.2, 0.25) is 0 Å². The Labute approximate surface area is 140 Å². The number of para-hydroxylation sites is 1. The summed E-state index contributed by atoms with van der Waals surface area (Å²) in [5.41, 5.74) is 5.00. The van der Waals surface area contributed by atoms with Gasteiger partial charge in [-0.25, -0.2) is 4.79 Å². The minimum absolute atomic E-state index is 0.288. The normalized spacial score (nSPS) is 14.5. The van der Waals surface area contributed by atoms with Gasteiger partial charge in [-0.1, -0.05) is 30.3 Å². The molecule has 0 bridgehead atoms.